The first-order chi connectivity index (χ1) is 8.68. The summed E-state index contributed by atoms with van der Waals surface area (Å²) in [5.41, 5.74) is -1.08. The number of rotatable bonds is 4. The first-order valence-corrected chi connectivity index (χ1v) is 6.20. The van der Waals surface area contributed by atoms with Gasteiger partial charge >= 0.3 is 5.69 Å². The molecule has 0 radical (unpaired) electrons. The van der Waals surface area contributed by atoms with Crippen LogP contribution in [0.4, 0.5) is 5.82 Å². The summed E-state index contributed by atoms with van der Waals surface area (Å²) in [5.74, 6) is 0.123. The van der Waals surface area contributed by atoms with E-state index in [1.165, 1.54) is 14.1 Å². The zero-order valence-corrected chi connectivity index (χ0v) is 12.1. The van der Waals surface area contributed by atoms with E-state index in [1.54, 1.807) is 0 Å². The molecule has 1 aromatic heterocycles. The molecule has 0 aromatic carbocycles. The molecule has 0 saturated carbocycles. The summed E-state index contributed by atoms with van der Waals surface area (Å²) in [7, 11) is 2.90. The molecule has 1 atom stereocenters. The maximum atomic E-state index is 12.0. The van der Waals surface area contributed by atoms with Crippen molar-refractivity contribution in [3.63, 3.8) is 0 Å². The third-order valence-corrected chi connectivity index (χ3v) is 3.10. The molecule has 19 heavy (non-hydrogen) atoms. The Morgan fingerprint density at radius 1 is 1.32 bits per heavy atom. The molecule has 108 valence electrons. The lowest BCUT2D eigenvalue weighted by atomic mass is 9.85. The lowest BCUT2D eigenvalue weighted by molar-refractivity contribution is 0.234. The highest BCUT2D eigenvalue weighted by molar-refractivity contribution is 5.31. The van der Waals surface area contributed by atoms with E-state index >= 15 is 0 Å². The summed E-state index contributed by atoms with van der Waals surface area (Å²) in [6.07, 6.45) is 0.497. The highest BCUT2D eigenvalue weighted by Crippen LogP contribution is 2.23. The molecule has 1 rings (SSSR count). The van der Waals surface area contributed by atoms with E-state index in [0.29, 0.717) is 6.42 Å². The van der Waals surface area contributed by atoms with E-state index in [2.05, 4.69) is 10.4 Å². The van der Waals surface area contributed by atoms with Crippen LogP contribution in [0.2, 0.25) is 0 Å². The first kappa shape index (κ1) is 15.4. The highest BCUT2D eigenvalue weighted by atomic mass is 16.3. The summed E-state index contributed by atoms with van der Waals surface area (Å²) >= 11 is 0. The third kappa shape index (κ3) is 3.44. The monoisotopic (exact) mass is 270 g/mol. The van der Waals surface area contributed by atoms with Gasteiger partial charge in [0.2, 0.25) is 5.82 Å². The van der Waals surface area contributed by atoms with E-state index in [-0.39, 0.29) is 23.9 Å². The SMILES string of the molecule is Cn1nc(NC(CCO)C(C)(C)C)c(=O)n(C)c1=O. The number of hydrogen-bond acceptors (Lipinski definition) is 5. The summed E-state index contributed by atoms with van der Waals surface area (Å²) in [6.45, 7) is 6.04. The van der Waals surface area contributed by atoms with Gasteiger partial charge in [0.1, 0.15) is 0 Å². The Labute approximate surface area is 111 Å². The highest BCUT2D eigenvalue weighted by Gasteiger charge is 2.25. The van der Waals surface area contributed by atoms with Crippen molar-refractivity contribution in [2.24, 2.45) is 19.5 Å². The maximum absolute atomic E-state index is 12.0. The van der Waals surface area contributed by atoms with Crippen LogP contribution in [-0.4, -0.2) is 32.1 Å². The van der Waals surface area contributed by atoms with Gasteiger partial charge in [-0.05, 0) is 11.8 Å². The molecule has 0 aliphatic rings. The Hall–Kier alpha value is -1.63. The molecule has 1 unspecified atom stereocenters. The topological polar surface area (TPSA) is 89.2 Å². The summed E-state index contributed by atoms with van der Waals surface area (Å²) in [4.78, 5) is 23.5. The van der Waals surface area contributed by atoms with Crippen molar-refractivity contribution in [2.45, 2.75) is 33.2 Å². The molecule has 7 nitrogen and oxygen atoms in total. The number of hydrogen-bond donors (Lipinski definition) is 2. The van der Waals surface area contributed by atoms with Gasteiger partial charge < -0.3 is 10.4 Å². The molecule has 0 aliphatic heterocycles. The van der Waals surface area contributed by atoms with Crippen molar-refractivity contribution in [3.8, 4) is 0 Å². The van der Waals surface area contributed by atoms with Gasteiger partial charge in [0.15, 0.2) is 0 Å². The van der Waals surface area contributed by atoms with Gasteiger partial charge in [0, 0.05) is 26.7 Å². The second-order valence-corrected chi connectivity index (χ2v) is 5.69. The van der Waals surface area contributed by atoms with E-state index in [0.717, 1.165) is 9.25 Å². The second-order valence-electron chi connectivity index (χ2n) is 5.69. The number of anilines is 1. The largest absolute Gasteiger partial charge is 0.396 e. The van der Waals surface area contributed by atoms with Crippen LogP contribution in [0.3, 0.4) is 0 Å². The standard InChI is InChI=1S/C12H22N4O3/c1-12(2,3)8(6-7-17)13-9-10(18)15(4)11(19)16(5)14-9/h8,17H,6-7H2,1-5H3,(H,13,14). The van der Waals surface area contributed by atoms with Crippen LogP contribution in [0.25, 0.3) is 0 Å². The average Bonchev–Trinajstić information content (AvgIpc) is 2.31. The minimum atomic E-state index is -0.468. The number of nitrogens with one attached hydrogen (secondary N) is 1. The fourth-order valence-corrected chi connectivity index (χ4v) is 1.80. The van der Waals surface area contributed by atoms with E-state index in [4.69, 9.17) is 5.11 Å². The number of aliphatic hydroxyl groups is 1. The molecular formula is C12H22N4O3. The van der Waals surface area contributed by atoms with Crippen LogP contribution in [0.5, 0.6) is 0 Å². The molecule has 0 saturated heterocycles. The van der Waals surface area contributed by atoms with Crippen LogP contribution < -0.4 is 16.6 Å². The Morgan fingerprint density at radius 2 is 1.89 bits per heavy atom. The summed E-state index contributed by atoms with van der Waals surface area (Å²) in [5, 5.41) is 16.1. The Morgan fingerprint density at radius 3 is 2.37 bits per heavy atom. The zero-order chi connectivity index (χ0) is 14.8. The number of aliphatic hydroxyl groups excluding tert-OH is 1. The van der Waals surface area contributed by atoms with Crippen LogP contribution in [-0.2, 0) is 14.1 Å². The maximum Gasteiger partial charge on any atom is 0.346 e. The predicted octanol–water partition coefficient (Wildman–Crippen LogP) is -0.312. The van der Waals surface area contributed by atoms with E-state index < -0.39 is 11.2 Å². The molecule has 0 fully saturated rings. The van der Waals surface area contributed by atoms with Crippen LogP contribution >= 0.6 is 0 Å². The zero-order valence-electron chi connectivity index (χ0n) is 12.1. The van der Waals surface area contributed by atoms with Crippen molar-refractivity contribution in [1.29, 1.82) is 0 Å². The molecule has 7 heteroatoms. The number of aromatic nitrogens is 3. The van der Waals surface area contributed by atoms with Crippen molar-refractivity contribution >= 4 is 5.82 Å². The molecule has 1 aromatic rings. The molecule has 0 bridgehead atoms. The van der Waals surface area contributed by atoms with Crippen LogP contribution in [0.1, 0.15) is 27.2 Å². The van der Waals surface area contributed by atoms with Gasteiger partial charge in [-0.15, -0.1) is 5.10 Å². The van der Waals surface area contributed by atoms with Crippen molar-refractivity contribution in [1.82, 2.24) is 14.3 Å². The molecule has 0 amide bonds. The van der Waals surface area contributed by atoms with Gasteiger partial charge in [0.25, 0.3) is 5.56 Å². The van der Waals surface area contributed by atoms with Gasteiger partial charge in [-0.1, -0.05) is 20.8 Å². The lowest BCUT2D eigenvalue weighted by Gasteiger charge is -2.31. The lowest BCUT2D eigenvalue weighted by Crippen LogP contribution is -2.43. The normalized spacial score (nSPS) is 13.4. The Kier molecular flexibility index (Phi) is 4.52. The summed E-state index contributed by atoms with van der Waals surface area (Å²) < 4.78 is 2.12. The third-order valence-electron chi connectivity index (χ3n) is 3.10. The van der Waals surface area contributed by atoms with Gasteiger partial charge in [-0.25, -0.2) is 9.48 Å². The smallest absolute Gasteiger partial charge is 0.346 e. The quantitative estimate of drug-likeness (QED) is 0.783. The van der Waals surface area contributed by atoms with Gasteiger partial charge in [0.05, 0.1) is 0 Å². The Balaban J connectivity index is 3.18. The van der Waals surface area contributed by atoms with Crippen molar-refractivity contribution in [2.75, 3.05) is 11.9 Å². The molecule has 2 N–H and O–H groups in total. The van der Waals surface area contributed by atoms with E-state index in [1.807, 2.05) is 20.8 Å². The fraction of sp³-hybridized carbons (Fsp3) is 0.750. The van der Waals surface area contributed by atoms with Gasteiger partial charge in [-0.2, -0.15) is 0 Å². The number of nitrogens with zero attached hydrogens (tertiary/aromatic N) is 3. The Bertz CT molecular complexity index is 554. The van der Waals surface area contributed by atoms with Gasteiger partial charge in [-0.3, -0.25) is 9.36 Å². The van der Waals surface area contributed by atoms with Crippen LogP contribution in [0, 0.1) is 5.41 Å². The van der Waals surface area contributed by atoms with Crippen molar-refractivity contribution < 1.29 is 5.11 Å². The minimum Gasteiger partial charge on any atom is -0.396 e. The average molecular weight is 270 g/mol. The molecule has 0 spiro atoms. The number of aryl methyl sites for hydroxylation is 1. The predicted molar refractivity (Wildman–Crippen MR) is 73.3 cm³/mol. The first-order valence-electron chi connectivity index (χ1n) is 6.20. The second kappa shape index (κ2) is 5.56. The molecule has 1 heterocycles. The summed E-state index contributed by atoms with van der Waals surface area (Å²) in [6, 6.07) is -0.116. The molecule has 0 aliphatic carbocycles. The fourth-order valence-electron chi connectivity index (χ4n) is 1.80. The minimum absolute atomic E-state index is 0.0149. The van der Waals surface area contributed by atoms with E-state index in [9.17, 15) is 9.59 Å². The molecular weight excluding hydrogens is 248 g/mol. The van der Waals surface area contributed by atoms with Crippen LogP contribution in [0.15, 0.2) is 9.59 Å². The van der Waals surface area contributed by atoms with Crippen molar-refractivity contribution in [3.05, 3.63) is 20.8 Å².